The summed E-state index contributed by atoms with van der Waals surface area (Å²) in [7, 11) is 0. The normalized spacial score (nSPS) is 11.5. The van der Waals surface area contributed by atoms with E-state index in [0.717, 1.165) is 12.1 Å². The third-order valence-electron chi connectivity index (χ3n) is 3.27. The number of anilines is 1. The van der Waals surface area contributed by atoms with Crippen molar-refractivity contribution in [1.82, 2.24) is 15.0 Å². The molecule has 1 aromatic carbocycles. The van der Waals surface area contributed by atoms with Crippen molar-refractivity contribution in [1.29, 1.82) is 0 Å². The standard InChI is InChI=1S/C16H12ClF3N4O/c17-14-22-13(8-10-3-1-4-11(7-10)16(18,19)20)23-15(24-14)21-9-12-5-2-6-25-12/h1-7H,8-9H2,(H,21,22,23,24). The number of benzene rings is 1. The van der Waals surface area contributed by atoms with Crippen LogP contribution in [0, 0.1) is 0 Å². The fraction of sp³-hybridized carbons (Fsp3) is 0.188. The number of halogens is 4. The summed E-state index contributed by atoms with van der Waals surface area (Å²) in [6.45, 7) is 0.344. The predicted octanol–water partition coefficient (Wildman–Crippen LogP) is 4.34. The number of hydrogen-bond acceptors (Lipinski definition) is 5. The molecule has 0 bridgehead atoms. The summed E-state index contributed by atoms with van der Waals surface area (Å²) in [4.78, 5) is 12.1. The molecule has 0 saturated carbocycles. The van der Waals surface area contributed by atoms with Gasteiger partial charge in [0.05, 0.1) is 18.4 Å². The van der Waals surface area contributed by atoms with Crippen LogP contribution in [-0.4, -0.2) is 15.0 Å². The summed E-state index contributed by atoms with van der Waals surface area (Å²) in [5, 5.41) is 2.89. The Balaban J connectivity index is 1.76. The highest BCUT2D eigenvalue weighted by molar-refractivity contribution is 6.28. The van der Waals surface area contributed by atoms with Crippen LogP contribution in [0.25, 0.3) is 0 Å². The average Bonchev–Trinajstić information content (AvgIpc) is 3.05. The maximum absolute atomic E-state index is 12.8. The van der Waals surface area contributed by atoms with Crippen LogP contribution in [0.3, 0.4) is 0 Å². The molecule has 3 aromatic rings. The summed E-state index contributed by atoms with van der Waals surface area (Å²) in [6.07, 6.45) is -2.76. The second kappa shape index (κ2) is 7.10. The van der Waals surface area contributed by atoms with Crippen molar-refractivity contribution in [3.05, 3.63) is 70.7 Å². The summed E-state index contributed by atoms with van der Waals surface area (Å²) in [6, 6.07) is 8.52. The Labute approximate surface area is 145 Å². The summed E-state index contributed by atoms with van der Waals surface area (Å²) < 4.78 is 43.5. The first kappa shape index (κ1) is 17.2. The number of alkyl halides is 3. The van der Waals surface area contributed by atoms with E-state index in [9.17, 15) is 13.2 Å². The minimum Gasteiger partial charge on any atom is -0.467 e. The van der Waals surface area contributed by atoms with Gasteiger partial charge in [0.15, 0.2) is 0 Å². The lowest BCUT2D eigenvalue weighted by molar-refractivity contribution is -0.137. The lowest BCUT2D eigenvalue weighted by Crippen LogP contribution is -2.08. The predicted molar refractivity (Wildman–Crippen MR) is 85.1 cm³/mol. The van der Waals surface area contributed by atoms with Crippen molar-refractivity contribution in [3.63, 3.8) is 0 Å². The van der Waals surface area contributed by atoms with E-state index in [1.54, 1.807) is 18.2 Å². The molecule has 0 fully saturated rings. The van der Waals surface area contributed by atoms with Crippen LogP contribution in [0.2, 0.25) is 5.28 Å². The topological polar surface area (TPSA) is 63.8 Å². The van der Waals surface area contributed by atoms with Crippen molar-refractivity contribution in [2.24, 2.45) is 0 Å². The van der Waals surface area contributed by atoms with Crippen molar-refractivity contribution >= 4 is 17.5 Å². The Morgan fingerprint density at radius 3 is 2.64 bits per heavy atom. The molecule has 0 aliphatic carbocycles. The van der Waals surface area contributed by atoms with Crippen LogP contribution in [0.1, 0.15) is 22.7 Å². The van der Waals surface area contributed by atoms with E-state index in [2.05, 4.69) is 20.3 Å². The monoisotopic (exact) mass is 368 g/mol. The van der Waals surface area contributed by atoms with Gasteiger partial charge in [0, 0.05) is 6.42 Å². The molecule has 2 aromatic heterocycles. The molecule has 0 amide bonds. The van der Waals surface area contributed by atoms with Gasteiger partial charge in [-0.1, -0.05) is 18.2 Å². The van der Waals surface area contributed by atoms with Gasteiger partial charge >= 0.3 is 6.18 Å². The molecule has 0 unspecified atom stereocenters. The summed E-state index contributed by atoms with van der Waals surface area (Å²) in [5.74, 6) is 1.16. The molecular formula is C16H12ClF3N4O. The first-order valence-corrected chi connectivity index (χ1v) is 7.61. The van der Waals surface area contributed by atoms with E-state index in [-0.39, 0.29) is 23.5 Å². The smallest absolute Gasteiger partial charge is 0.416 e. The van der Waals surface area contributed by atoms with Crippen molar-refractivity contribution in [2.75, 3.05) is 5.32 Å². The van der Waals surface area contributed by atoms with Gasteiger partial charge in [-0.3, -0.25) is 0 Å². The number of nitrogens with one attached hydrogen (secondary N) is 1. The van der Waals surface area contributed by atoms with Gasteiger partial charge in [-0.05, 0) is 35.4 Å². The molecule has 0 spiro atoms. The first-order valence-electron chi connectivity index (χ1n) is 7.23. The minimum absolute atomic E-state index is 0.0427. The van der Waals surface area contributed by atoms with Gasteiger partial charge in [0.1, 0.15) is 11.6 Å². The number of hydrogen-bond donors (Lipinski definition) is 1. The van der Waals surface area contributed by atoms with Crippen molar-refractivity contribution < 1.29 is 17.6 Å². The van der Waals surface area contributed by atoms with E-state index in [0.29, 0.717) is 17.9 Å². The first-order chi connectivity index (χ1) is 11.9. The molecule has 130 valence electrons. The fourth-order valence-corrected chi connectivity index (χ4v) is 2.35. The Bertz CT molecular complexity index is 853. The molecule has 0 aliphatic heterocycles. The maximum atomic E-state index is 12.8. The second-order valence-electron chi connectivity index (χ2n) is 5.15. The van der Waals surface area contributed by atoms with Crippen LogP contribution < -0.4 is 5.32 Å². The van der Waals surface area contributed by atoms with Crippen LogP contribution in [-0.2, 0) is 19.1 Å². The van der Waals surface area contributed by atoms with E-state index in [1.807, 2.05) is 0 Å². The highest BCUT2D eigenvalue weighted by atomic mass is 35.5. The molecule has 25 heavy (non-hydrogen) atoms. The highest BCUT2D eigenvalue weighted by Crippen LogP contribution is 2.29. The zero-order valence-corrected chi connectivity index (χ0v) is 13.5. The van der Waals surface area contributed by atoms with Crippen molar-refractivity contribution in [3.8, 4) is 0 Å². The van der Waals surface area contributed by atoms with Gasteiger partial charge in [0.2, 0.25) is 11.2 Å². The van der Waals surface area contributed by atoms with Gasteiger partial charge < -0.3 is 9.73 Å². The maximum Gasteiger partial charge on any atom is 0.416 e. The van der Waals surface area contributed by atoms with E-state index < -0.39 is 11.7 Å². The Morgan fingerprint density at radius 2 is 1.92 bits per heavy atom. The second-order valence-corrected chi connectivity index (χ2v) is 5.49. The third-order valence-corrected chi connectivity index (χ3v) is 3.44. The molecule has 5 nitrogen and oxygen atoms in total. The molecular weight excluding hydrogens is 357 g/mol. The zero-order chi connectivity index (χ0) is 17.9. The fourth-order valence-electron chi connectivity index (χ4n) is 2.17. The average molecular weight is 369 g/mol. The Morgan fingerprint density at radius 1 is 1.08 bits per heavy atom. The van der Waals surface area contributed by atoms with E-state index >= 15 is 0 Å². The van der Waals surface area contributed by atoms with Gasteiger partial charge in [-0.25, -0.2) is 4.98 Å². The number of rotatable bonds is 5. The van der Waals surface area contributed by atoms with E-state index in [1.165, 1.54) is 12.3 Å². The highest BCUT2D eigenvalue weighted by Gasteiger charge is 2.30. The van der Waals surface area contributed by atoms with Gasteiger partial charge in [0.25, 0.3) is 0 Å². The molecule has 0 radical (unpaired) electrons. The summed E-state index contributed by atoms with van der Waals surface area (Å²) >= 11 is 5.88. The largest absolute Gasteiger partial charge is 0.467 e. The minimum atomic E-state index is -4.40. The van der Waals surface area contributed by atoms with Crippen LogP contribution in [0.5, 0.6) is 0 Å². The van der Waals surface area contributed by atoms with Crippen LogP contribution in [0.15, 0.2) is 47.1 Å². The number of nitrogens with zero attached hydrogens (tertiary/aromatic N) is 3. The molecule has 1 N–H and O–H groups in total. The quantitative estimate of drug-likeness (QED) is 0.725. The van der Waals surface area contributed by atoms with E-state index in [4.69, 9.17) is 16.0 Å². The SMILES string of the molecule is FC(F)(F)c1cccc(Cc2nc(Cl)nc(NCc3ccco3)n2)c1. The van der Waals surface area contributed by atoms with Crippen molar-refractivity contribution in [2.45, 2.75) is 19.1 Å². The zero-order valence-electron chi connectivity index (χ0n) is 12.7. The number of furan rings is 1. The molecule has 0 aliphatic rings. The molecule has 3 rings (SSSR count). The number of aromatic nitrogens is 3. The van der Waals surface area contributed by atoms with Crippen LogP contribution in [0.4, 0.5) is 19.1 Å². The molecule has 9 heteroatoms. The van der Waals surface area contributed by atoms with Crippen LogP contribution >= 0.6 is 11.6 Å². The Hall–Kier alpha value is -2.61. The molecule has 0 atom stereocenters. The third kappa shape index (κ3) is 4.69. The van der Waals surface area contributed by atoms with Gasteiger partial charge in [-0.15, -0.1) is 0 Å². The van der Waals surface area contributed by atoms with Gasteiger partial charge in [-0.2, -0.15) is 23.1 Å². The molecule has 0 saturated heterocycles. The summed E-state index contributed by atoms with van der Waals surface area (Å²) in [5.41, 5.74) is -0.296. The lowest BCUT2D eigenvalue weighted by atomic mass is 10.1. The molecule has 2 heterocycles. The Kier molecular flexibility index (Phi) is 4.89. The lowest BCUT2D eigenvalue weighted by Gasteiger charge is -2.09.